The van der Waals surface area contributed by atoms with Crippen LogP contribution >= 0.6 is 11.3 Å². The molecule has 0 spiro atoms. The van der Waals surface area contributed by atoms with Crippen molar-refractivity contribution in [3.05, 3.63) is 115 Å². The normalized spacial score (nSPS) is 11.2. The molecule has 0 atom stereocenters. The van der Waals surface area contributed by atoms with Gasteiger partial charge < -0.3 is 10.0 Å². The highest BCUT2D eigenvalue weighted by Gasteiger charge is 2.15. The highest BCUT2D eigenvalue weighted by Crippen LogP contribution is 2.43. The molecular formula is C30H21BO2S. The highest BCUT2D eigenvalue weighted by molar-refractivity contribution is 7.26. The number of rotatable bonds is 4. The van der Waals surface area contributed by atoms with Crippen LogP contribution < -0.4 is 5.46 Å². The Hall–Kier alpha value is -3.70. The van der Waals surface area contributed by atoms with Crippen LogP contribution in [0, 0.1) is 0 Å². The fraction of sp³-hybridized carbons (Fsp3) is 0. The molecule has 2 nitrogen and oxygen atoms in total. The third-order valence-electron chi connectivity index (χ3n) is 6.35. The number of thiophene rings is 1. The third kappa shape index (κ3) is 3.62. The van der Waals surface area contributed by atoms with E-state index in [0.717, 1.165) is 11.1 Å². The molecule has 0 radical (unpaired) electrons. The van der Waals surface area contributed by atoms with Gasteiger partial charge in [0, 0.05) is 20.2 Å². The van der Waals surface area contributed by atoms with E-state index in [-0.39, 0.29) is 0 Å². The van der Waals surface area contributed by atoms with Gasteiger partial charge in [0.25, 0.3) is 0 Å². The van der Waals surface area contributed by atoms with Gasteiger partial charge in [-0.05, 0) is 38.8 Å². The molecule has 1 aromatic heterocycles. The van der Waals surface area contributed by atoms with Crippen molar-refractivity contribution in [2.75, 3.05) is 0 Å². The van der Waals surface area contributed by atoms with Crippen molar-refractivity contribution in [1.29, 1.82) is 0 Å². The van der Waals surface area contributed by atoms with Gasteiger partial charge in [0.1, 0.15) is 0 Å². The summed E-state index contributed by atoms with van der Waals surface area (Å²) in [5.74, 6) is 0. The van der Waals surface area contributed by atoms with E-state index in [2.05, 4.69) is 84.9 Å². The molecule has 0 aliphatic heterocycles. The number of fused-ring (bicyclic) bond motifs is 3. The highest BCUT2D eigenvalue weighted by atomic mass is 32.1. The SMILES string of the molecule is OB(O)c1ccc(-c2cccc3c2sc2c(-c4ccc(-c5ccccc5)cc4)cccc23)cc1. The zero-order valence-electron chi connectivity index (χ0n) is 18.3. The van der Waals surface area contributed by atoms with Gasteiger partial charge in [0.2, 0.25) is 0 Å². The third-order valence-corrected chi connectivity index (χ3v) is 7.64. The van der Waals surface area contributed by atoms with E-state index in [0.29, 0.717) is 5.46 Å². The lowest BCUT2D eigenvalue weighted by Gasteiger charge is -2.06. The standard InChI is InChI=1S/C30H21BO2S/c32-31(33)24-18-16-23(17-19-24)26-9-5-11-28-27-10-4-8-25(29(27)34-30(26)28)22-14-12-21(13-15-22)20-6-2-1-3-7-20/h1-19,32-33H. The predicted octanol–water partition coefficient (Wildman–Crippen LogP) is 6.74. The van der Waals surface area contributed by atoms with E-state index in [1.54, 1.807) is 12.1 Å². The second-order valence-electron chi connectivity index (χ2n) is 8.41. The van der Waals surface area contributed by atoms with E-state index in [1.165, 1.54) is 42.4 Å². The average molecular weight is 456 g/mol. The largest absolute Gasteiger partial charge is 0.488 e. The van der Waals surface area contributed by atoms with Gasteiger partial charge in [-0.2, -0.15) is 0 Å². The lowest BCUT2D eigenvalue weighted by atomic mass is 9.80. The molecule has 0 fully saturated rings. The Kier molecular flexibility index (Phi) is 5.27. The lowest BCUT2D eigenvalue weighted by molar-refractivity contribution is 0.426. The van der Waals surface area contributed by atoms with E-state index < -0.39 is 7.12 Å². The zero-order chi connectivity index (χ0) is 23.1. The molecular weight excluding hydrogens is 435 g/mol. The molecule has 0 bridgehead atoms. The topological polar surface area (TPSA) is 40.5 Å². The summed E-state index contributed by atoms with van der Waals surface area (Å²) in [6, 6.07) is 39.7. The molecule has 0 aliphatic rings. The molecule has 6 aromatic rings. The maximum absolute atomic E-state index is 9.43. The summed E-state index contributed by atoms with van der Waals surface area (Å²) in [7, 11) is -1.45. The first-order valence-corrected chi connectivity index (χ1v) is 12.1. The average Bonchev–Trinajstić information content (AvgIpc) is 3.28. The molecule has 4 heteroatoms. The molecule has 0 saturated heterocycles. The summed E-state index contributed by atoms with van der Waals surface area (Å²) >= 11 is 1.82. The molecule has 5 aromatic carbocycles. The van der Waals surface area contributed by atoms with Gasteiger partial charge in [-0.3, -0.25) is 0 Å². The van der Waals surface area contributed by atoms with Crippen molar-refractivity contribution in [1.82, 2.24) is 0 Å². The van der Waals surface area contributed by atoms with E-state index in [4.69, 9.17) is 0 Å². The van der Waals surface area contributed by atoms with Gasteiger partial charge in [-0.25, -0.2) is 0 Å². The molecule has 2 N–H and O–H groups in total. The van der Waals surface area contributed by atoms with Crippen molar-refractivity contribution in [3.63, 3.8) is 0 Å². The summed E-state index contributed by atoms with van der Waals surface area (Å²) in [5, 5.41) is 21.4. The Bertz CT molecular complexity index is 1600. The summed E-state index contributed by atoms with van der Waals surface area (Å²) < 4.78 is 2.52. The van der Waals surface area contributed by atoms with Crippen LogP contribution in [0.5, 0.6) is 0 Å². The van der Waals surface area contributed by atoms with Gasteiger partial charge in [0.05, 0.1) is 0 Å². The van der Waals surface area contributed by atoms with Crippen LogP contribution in [0.2, 0.25) is 0 Å². The minimum Gasteiger partial charge on any atom is -0.423 e. The summed E-state index contributed by atoms with van der Waals surface area (Å²) in [6.45, 7) is 0. The Balaban J connectivity index is 1.47. The Labute approximate surface area is 202 Å². The Morgan fingerprint density at radius 2 is 0.912 bits per heavy atom. The number of benzene rings is 5. The fourth-order valence-corrected chi connectivity index (χ4v) is 5.95. The number of hydrogen-bond donors (Lipinski definition) is 2. The monoisotopic (exact) mass is 456 g/mol. The van der Waals surface area contributed by atoms with Crippen molar-refractivity contribution in [2.24, 2.45) is 0 Å². The minimum atomic E-state index is -1.45. The van der Waals surface area contributed by atoms with E-state index >= 15 is 0 Å². The quantitative estimate of drug-likeness (QED) is 0.289. The van der Waals surface area contributed by atoms with Crippen molar-refractivity contribution < 1.29 is 10.0 Å². The Morgan fingerprint density at radius 1 is 0.441 bits per heavy atom. The minimum absolute atomic E-state index is 0.494. The second-order valence-corrected chi connectivity index (χ2v) is 9.43. The molecule has 34 heavy (non-hydrogen) atoms. The van der Waals surface area contributed by atoms with Gasteiger partial charge in [-0.1, -0.05) is 115 Å². The molecule has 1 heterocycles. The zero-order valence-corrected chi connectivity index (χ0v) is 19.2. The summed E-state index contributed by atoms with van der Waals surface area (Å²) in [6.07, 6.45) is 0. The first kappa shape index (κ1) is 20.9. The van der Waals surface area contributed by atoms with Crippen LogP contribution in [0.4, 0.5) is 0 Å². The van der Waals surface area contributed by atoms with Gasteiger partial charge in [-0.15, -0.1) is 11.3 Å². The fourth-order valence-electron chi connectivity index (χ4n) is 4.58. The van der Waals surface area contributed by atoms with Crippen LogP contribution in [-0.2, 0) is 0 Å². The molecule has 0 amide bonds. The first-order valence-electron chi connectivity index (χ1n) is 11.3. The molecule has 6 rings (SSSR count). The maximum atomic E-state index is 9.43. The van der Waals surface area contributed by atoms with Gasteiger partial charge >= 0.3 is 7.12 Å². The smallest absolute Gasteiger partial charge is 0.423 e. The maximum Gasteiger partial charge on any atom is 0.488 e. The van der Waals surface area contributed by atoms with Crippen LogP contribution in [0.3, 0.4) is 0 Å². The van der Waals surface area contributed by atoms with E-state index in [1.807, 2.05) is 29.5 Å². The first-order chi connectivity index (χ1) is 16.7. The lowest BCUT2D eigenvalue weighted by Crippen LogP contribution is -2.29. The molecule has 0 unspecified atom stereocenters. The van der Waals surface area contributed by atoms with Crippen LogP contribution in [-0.4, -0.2) is 17.2 Å². The second kappa shape index (κ2) is 8.58. The van der Waals surface area contributed by atoms with Crippen LogP contribution in [0.15, 0.2) is 115 Å². The summed E-state index contributed by atoms with van der Waals surface area (Å²) in [4.78, 5) is 0. The van der Waals surface area contributed by atoms with Crippen LogP contribution in [0.25, 0.3) is 53.6 Å². The molecule has 0 aliphatic carbocycles. The molecule has 162 valence electrons. The van der Waals surface area contributed by atoms with Crippen molar-refractivity contribution in [3.8, 4) is 33.4 Å². The Morgan fingerprint density at radius 3 is 1.44 bits per heavy atom. The van der Waals surface area contributed by atoms with Crippen LogP contribution in [0.1, 0.15) is 0 Å². The summed E-state index contributed by atoms with van der Waals surface area (Å²) in [5.41, 5.74) is 7.60. The van der Waals surface area contributed by atoms with Gasteiger partial charge in [0.15, 0.2) is 0 Å². The predicted molar refractivity (Wildman–Crippen MR) is 145 cm³/mol. The van der Waals surface area contributed by atoms with Crippen molar-refractivity contribution >= 4 is 44.1 Å². The molecule has 0 saturated carbocycles. The van der Waals surface area contributed by atoms with E-state index in [9.17, 15) is 10.0 Å². The van der Waals surface area contributed by atoms with Crippen molar-refractivity contribution in [2.45, 2.75) is 0 Å². The number of hydrogen-bond acceptors (Lipinski definition) is 3.